The number of carbonyl (C=O) groups is 4. The molecule has 1 rings (SSSR count). The fourth-order valence-electron chi connectivity index (χ4n) is 3.27. The van der Waals surface area contributed by atoms with E-state index >= 15 is 0 Å². The third kappa shape index (κ3) is 6.50. The van der Waals surface area contributed by atoms with Gasteiger partial charge in [-0.1, -0.05) is 19.6 Å². The lowest BCUT2D eigenvalue weighted by atomic mass is 9.86. The Labute approximate surface area is 176 Å². The number of hydrogen-bond acceptors (Lipinski definition) is 8. The highest BCUT2D eigenvalue weighted by molar-refractivity contribution is 5.82. The van der Waals surface area contributed by atoms with Gasteiger partial charge in [-0.25, -0.2) is 19.2 Å². The maximum Gasteiger partial charge on any atom is 0.414 e. The average molecular weight is 426 g/mol. The van der Waals surface area contributed by atoms with Gasteiger partial charge in [0.2, 0.25) is 0 Å². The molecule has 168 valence electrons. The second kappa shape index (κ2) is 12.5. The van der Waals surface area contributed by atoms with Crippen molar-refractivity contribution < 1.29 is 38.1 Å². The molecule has 0 aromatic carbocycles. The second-order valence-corrected chi connectivity index (χ2v) is 6.39. The lowest BCUT2D eigenvalue weighted by Gasteiger charge is -2.50. The third-order valence-corrected chi connectivity index (χ3v) is 4.64. The third-order valence-electron chi connectivity index (χ3n) is 4.64. The van der Waals surface area contributed by atoms with Crippen molar-refractivity contribution in [2.24, 2.45) is 0 Å². The molecule has 0 spiro atoms. The van der Waals surface area contributed by atoms with Gasteiger partial charge in [0, 0.05) is 12.2 Å². The molecule has 1 saturated carbocycles. The van der Waals surface area contributed by atoms with Gasteiger partial charge in [-0.05, 0) is 39.5 Å². The average Bonchev–Trinajstić information content (AvgIpc) is 2.74. The van der Waals surface area contributed by atoms with E-state index in [1.807, 2.05) is 0 Å². The zero-order valence-corrected chi connectivity index (χ0v) is 17.6. The summed E-state index contributed by atoms with van der Waals surface area (Å²) in [5.41, 5.74) is -1.28. The van der Waals surface area contributed by atoms with Crippen molar-refractivity contribution in [2.45, 2.75) is 51.6 Å². The van der Waals surface area contributed by atoms with E-state index < -0.39 is 43.2 Å². The number of ether oxygens (including phenoxy) is 4. The van der Waals surface area contributed by atoms with Crippen LogP contribution in [-0.2, 0) is 28.5 Å². The van der Waals surface area contributed by atoms with Crippen LogP contribution in [0.5, 0.6) is 0 Å². The first-order chi connectivity index (χ1) is 14.4. The molecule has 30 heavy (non-hydrogen) atoms. The molecule has 0 saturated heterocycles. The molecule has 1 aliphatic rings. The minimum absolute atomic E-state index is 0.0751. The van der Waals surface area contributed by atoms with E-state index in [0.717, 1.165) is 28.4 Å². The number of rotatable bonds is 10. The second-order valence-electron chi connectivity index (χ2n) is 6.39. The highest BCUT2D eigenvalue weighted by Gasteiger charge is 2.50. The first kappa shape index (κ1) is 25.0. The van der Waals surface area contributed by atoms with E-state index in [1.165, 1.54) is 0 Å². The van der Waals surface area contributed by atoms with Crippen LogP contribution < -0.4 is 0 Å². The molecule has 0 unspecified atom stereocenters. The van der Waals surface area contributed by atoms with Gasteiger partial charge in [0.15, 0.2) is 13.5 Å². The molecule has 2 amide bonds. The maximum absolute atomic E-state index is 12.8. The smallest absolute Gasteiger partial charge is 0.414 e. The summed E-state index contributed by atoms with van der Waals surface area (Å²) in [5, 5.41) is 0. The molecule has 0 atom stereocenters. The highest BCUT2D eigenvalue weighted by atomic mass is 16.6. The van der Waals surface area contributed by atoms with Gasteiger partial charge < -0.3 is 18.9 Å². The summed E-state index contributed by atoms with van der Waals surface area (Å²) >= 11 is 0. The monoisotopic (exact) mass is 426 g/mol. The molecule has 0 radical (unpaired) electrons. The van der Waals surface area contributed by atoms with Crippen LogP contribution in [0.4, 0.5) is 9.59 Å². The molecular weight excluding hydrogens is 396 g/mol. The standard InChI is InChI=1S/C20H30N2O8/c1-5-16(23)29-14-21(18(25)27-7-3)20(12-10-9-11-13-20)22(19(26)28-8-4)15-30-17(24)6-2/h5-6H,1-2,7-15H2,3-4H3. The van der Waals surface area contributed by atoms with Crippen LogP contribution in [0.3, 0.4) is 0 Å². The quantitative estimate of drug-likeness (QED) is 0.227. The first-order valence-electron chi connectivity index (χ1n) is 9.83. The van der Waals surface area contributed by atoms with E-state index in [4.69, 9.17) is 18.9 Å². The van der Waals surface area contributed by atoms with Crippen molar-refractivity contribution in [1.29, 1.82) is 0 Å². The summed E-state index contributed by atoms with van der Waals surface area (Å²) in [6, 6.07) is 0. The number of hydrogen-bond donors (Lipinski definition) is 0. The topological polar surface area (TPSA) is 112 Å². The van der Waals surface area contributed by atoms with Gasteiger partial charge >= 0.3 is 24.1 Å². The summed E-state index contributed by atoms with van der Waals surface area (Å²) in [6.45, 7) is 9.13. The van der Waals surface area contributed by atoms with Crippen LogP contribution in [0, 0.1) is 0 Å². The summed E-state index contributed by atoms with van der Waals surface area (Å²) < 4.78 is 20.5. The number of carbonyl (C=O) groups excluding carboxylic acids is 4. The summed E-state index contributed by atoms with van der Waals surface area (Å²) in [7, 11) is 0. The minimum atomic E-state index is -1.28. The van der Waals surface area contributed by atoms with Gasteiger partial charge in [-0.3, -0.25) is 9.80 Å². The van der Waals surface area contributed by atoms with Crippen LogP contribution in [-0.4, -0.2) is 66.3 Å². The molecule has 10 nitrogen and oxygen atoms in total. The van der Waals surface area contributed by atoms with Crippen molar-refractivity contribution in [3.8, 4) is 0 Å². The molecule has 1 aliphatic carbocycles. The van der Waals surface area contributed by atoms with Gasteiger partial charge in [0.05, 0.1) is 13.2 Å². The molecular formula is C20H30N2O8. The van der Waals surface area contributed by atoms with E-state index in [9.17, 15) is 19.2 Å². The molecule has 0 aromatic rings. The Morgan fingerprint density at radius 3 is 1.50 bits per heavy atom. The van der Waals surface area contributed by atoms with Gasteiger partial charge in [0.1, 0.15) is 5.66 Å². The van der Waals surface area contributed by atoms with Crippen molar-refractivity contribution in [1.82, 2.24) is 9.80 Å². The molecule has 10 heteroatoms. The Kier molecular flexibility index (Phi) is 10.4. The maximum atomic E-state index is 12.8. The van der Waals surface area contributed by atoms with Gasteiger partial charge in [-0.15, -0.1) is 0 Å². The van der Waals surface area contributed by atoms with Crippen LogP contribution in [0.25, 0.3) is 0 Å². The van der Waals surface area contributed by atoms with E-state index in [2.05, 4.69) is 13.2 Å². The van der Waals surface area contributed by atoms with Crippen LogP contribution in [0.15, 0.2) is 25.3 Å². The zero-order chi connectivity index (χ0) is 22.6. The minimum Gasteiger partial charge on any atom is -0.450 e. The van der Waals surface area contributed by atoms with Crippen LogP contribution in [0.2, 0.25) is 0 Å². The Morgan fingerprint density at radius 1 is 0.767 bits per heavy atom. The Balaban J connectivity index is 3.39. The number of amides is 2. The molecule has 0 aliphatic heterocycles. The lowest BCUT2D eigenvalue weighted by molar-refractivity contribution is -0.162. The molecule has 0 N–H and O–H groups in total. The summed E-state index contributed by atoms with van der Waals surface area (Å²) in [5.74, 6) is -1.48. The Hall–Kier alpha value is -3.04. The SMILES string of the molecule is C=CC(=O)OCN(C(=O)OCC)C1(N(COC(=O)C=C)C(=O)OCC)CCCCC1. The molecule has 0 aromatic heterocycles. The van der Waals surface area contributed by atoms with Crippen molar-refractivity contribution >= 4 is 24.1 Å². The predicted octanol–water partition coefficient (Wildman–Crippen LogP) is 2.94. The normalized spacial score (nSPS) is 14.6. The van der Waals surface area contributed by atoms with Crippen LogP contribution in [0.1, 0.15) is 46.0 Å². The van der Waals surface area contributed by atoms with Crippen molar-refractivity contribution in [3.05, 3.63) is 25.3 Å². The van der Waals surface area contributed by atoms with E-state index in [0.29, 0.717) is 25.7 Å². The summed E-state index contributed by atoms with van der Waals surface area (Å²) in [4.78, 5) is 51.2. The molecule has 0 bridgehead atoms. The summed E-state index contributed by atoms with van der Waals surface area (Å²) in [6.07, 6.45) is 3.31. The van der Waals surface area contributed by atoms with Gasteiger partial charge in [0.25, 0.3) is 0 Å². The largest absolute Gasteiger partial charge is 0.450 e. The molecule has 0 heterocycles. The first-order valence-corrected chi connectivity index (χ1v) is 9.83. The van der Waals surface area contributed by atoms with E-state index in [-0.39, 0.29) is 13.2 Å². The number of esters is 2. The van der Waals surface area contributed by atoms with Crippen molar-refractivity contribution in [3.63, 3.8) is 0 Å². The fourth-order valence-corrected chi connectivity index (χ4v) is 3.27. The predicted molar refractivity (Wildman–Crippen MR) is 106 cm³/mol. The fraction of sp³-hybridized carbons (Fsp3) is 0.600. The van der Waals surface area contributed by atoms with E-state index in [1.54, 1.807) is 13.8 Å². The zero-order valence-electron chi connectivity index (χ0n) is 17.6. The van der Waals surface area contributed by atoms with Crippen LogP contribution >= 0.6 is 0 Å². The lowest BCUT2D eigenvalue weighted by Crippen LogP contribution is -2.66. The van der Waals surface area contributed by atoms with Gasteiger partial charge in [-0.2, -0.15) is 0 Å². The Morgan fingerprint density at radius 2 is 1.17 bits per heavy atom. The van der Waals surface area contributed by atoms with Crippen molar-refractivity contribution in [2.75, 3.05) is 26.7 Å². The number of nitrogens with zero attached hydrogens (tertiary/aromatic N) is 2. The Bertz CT molecular complexity index is 595. The molecule has 1 fully saturated rings. The highest BCUT2D eigenvalue weighted by Crippen LogP contribution is 2.38.